The summed E-state index contributed by atoms with van der Waals surface area (Å²) in [6, 6.07) is -1.48. The Morgan fingerprint density at radius 2 is 0.753 bits per heavy atom. The second-order valence-corrected chi connectivity index (χ2v) is 23.9. The van der Waals surface area contributed by atoms with Gasteiger partial charge in [0.1, 0.15) is 243 Å². The molecule has 4 atom stereocenters. The number of hydrogen-bond donors (Lipinski definition) is 0. The molecule has 34 heteroatoms. The van der Waals surface area contributed by atoms with Gasteiger partial charge in [-0.2, -0.15) is 0 Å². The number of nitrogens with zero attached hydrogens (tertiary/aromatic N) is 1. The quantitative estimate of drug-likeness (QED) is 0.0965. The van der Waals surface area contributed by atoms with Crippen molar-refractivity contribution in [3.63, 3.8) is 0 Å². The van der Waals surface area contributed by atoms with Gasteiger partial charge in [0.25, 0.3) is 0 Å². The SMILES string of the molecule is [B]C1=C([B])C([B])C2=C1C1(C/C(=C([B])\C([B])=C(\[B])C#C)c3c([B])c([B])c([B])c([B])c31)c1c([B])c([B])c([B])c(C3=C([B])C(c4c([B])c([B])c5c6c([B])c([B])c([B])c([B])c6c6c([B])c([B])c([B])c([B])c6c5c4[B])=C4c5c([B])c([B])c([B])c([B])c5N(C5=C([B])C([B])=C([B])C5[B])C34)c12. The Hall–Kier alpha value is -5.26. The van der Waals surface area contributed by atoms with Crippen LogP contribution in [0.1, 0.15) is 45.4 Å². The number of benzene rings is 7. The fraction of sp³-hybridized carbons (Fsp3) is 0.0847. The van der Waals surface area contributed by atoms with E-state index in [4.69, 9.17) is 265 Å². The van der Waals surface area contributed by atoms with E-state index in [0.717, 1.165) is 0 Å². The van der Waals surface area contributed by atoms with E-state index in [0.29, 0.717) is 0 Å². The molecule has 0 amide bonds. The Morgan fingerprint density at radius 1 is 0.366 bits per heavy atom. The van der Waals surface area contributed by atoms with Crippen LogP contribution in [-0.2, 0) is 5.41 Å². The molecular weight excluding hydrogens is 1080 g/mol. The average molecular weight is 1090 g/mol. The lowest BCUT2D eigenvalue weighted by Crippen LogP contribution is -2.53. The van der Waals surface area contributed by atoms with Crippen molar-refractivity contribution in [2.45, 2.75) is 29.5 Å². The Kier molecular flexibility index (Phi) is 15.6. The molecule has 0 aromatic heterocycles. The molecular formula is C59H6B33N. The van der Waals surface area contributed by atoms with Gasteiger partial charge in [-0.3, -0.25) is 0 Å². The monoisotopic (exact) mass is 1090 g/mol. The fourth-order valence-electron chi connectivity index (χ4n) is 15.3. The number of anilines is 1. The van der Waals surface area contributed by atoms with E-state index >= 15 is 0 Å². The highest BCUT2D eigenvalue weighted by atomic mass is 15.2. The van der Waals surface area contributed by atoms with E-state index in [9.17, 15) is 0 Å². The summed E-state index contributed by atoms with van der Waals surface area (Å²) in [5, 5.41) is 0.487. The van der Waals surface area contributed by atoms with Gasteiger partial charge in [-0.05, 0) is 123 Å². The van der Waals surface area contributed by atoms with Crippen LogP contribution in [-0.4, -0.2) is 265 Å². The number of fused-ring (bicyclic) bond motifs is 15. The molecule has 7 aromatic carbocycles. The van der Waals surface area contributed by atoms with Crippen molar-refractivity contribution in [1.82, 2.24) is 0 Å². The molecule has 346 valence electrons. The fourth-order valence-corrected chi connectivity index (χ4v) is 15.3. The number of hydrogen-bond acceptors (Lipinski definition) is 1. The largest absolute Gasteiger partial charge is 0.334 e. The summed E-state index contributed by atoms with van der Waals surface area (Å²) in [5.41, 5.74) is -4.86. The van der Waals surface area contributed by atoms with Gasteiger partial charge >= 0.3 is 0 Å². The summed E-state index contributed by atoms with van der Waals surface area (Å²) in [5.74, 6) is -0.295. The summed E-state index contributed by atoms with van der Waals surface area (Å²) in [6.07, 6.45) is 5.51. The van der Waals surface area contributed by atoms with E-state index in [1.807, 2.05) is 0 Å². The minimum atomic E-state index is -1.82. The first-order valence-electron chi connectivity index (χ1n) is 28.0. The van der Waals surface area contributed by atoms with E-state index < -0.39 is 23.1 Å². The number of rotatable bonds is 4. The first kappa shape index (κ1) is 66.4. The maximum atomic E-state index is 8.06. The molecule has 13 rings (SSSR count). The normalized spacial score (nSPS) is 20.5. The Morgan fingerprint density at radius 3 is 1.23 bits per heavy atom. The standard InChI is InChI=1S/C59H6B33N/c1-2-5(60)25(62)24(61)4-3-59(21-6(4)28(65)43(80)49(86)38(21)75)22-7(17-23(59)40(77)42(79)35(17)72)8(30(67)41(78)39(22)76)19-27(64)15(16-20-37(74)48(85)50(87)53(90)57(20)93(56(16)19)58-54(91)51(88)52(89)55(58)92)18-26(63)9-10(29(66)36(18)73)12-14(34(71)47(84)45(82)32(12)69)13-11(9)31(68)44(81)46(83)33(13)70/h1,35,54,56H,3H2/b24-4-,25-5-. The first-order valence-corrected chi connectivity index (χ1v) is 28.0. The van der Waals surface area contributed by atoms with Crippen molar-refractivity contribution >= 4 is 445 Å². The lowest BCUT2D eigenvalue weighted by atomic mass is 9.55. The maximum absolute atomic E-state index is 8.06. The highest BCUT2D eigenvalue weighted by molar-refractivity contribution is 6.76. The predicted octanol–water partition coefficient (Wildman–Crippen LogP) is -17.8. The molecule has 0 N–H and O–H groups in total. The molecule has 1 aliphatic heterocycles. The summed E-state index contributed by atoms with van der Waals surface area (Å²) >= 11 is 0. The molecule has 0 bridgehead atoms. The van der Waals surface area contributed by atoms with Crippen molar-refractivity contribution in [3.05, 3.63) is 99.5 Å². The third-order valence-electron chi connectivity index (χ3n) is 19.9. The van der Waals surface area contributed by atoms with Crippen molar-refractivity contribution in [2.75, 3.05) is 4.90 Å². The minimum Gasteiger partial charge on any atom is -0.334 e. The molecule has 7 aromatic rings. The van der Waals surface area contributed by atoms with Crippen molar-refractivity contribution in [1.29, 1.82) is 0 Å². The Labute approximate surface area is 586 Å². The molecule has 0 fully saturated rings. The van der Waals surface area contributed by atoms with Gasteiger partial charge in [0.05, 0.1) is 21.7 Å². The van der Waals surface area contributed by atoms with E-state index in [-0.39, 0.29) is 292 Å². The molecule has 0 saturated carbocycles. The zero-order valence-electron chi connectivity index (χ0n) is 49.5. The van der Waals surface area contributed by atoms with Crippen LogP contribution in [0.15, 0.2) is 60.5 Å². The molecule has 0 saturated heterocycles. The van der Waals surface area contributed by atoms with Crippen LogP contribution < -0.4 is 125 Å². The third kappa shape index (κ3) is 7.96. The molecule has 6 aliphatic rings. The Balaban J connectivity index is 1.28. The highest BCUT2D eigenvalue weighted by Gasteiger charge is 2.58. The number of terminal acetylenes is 1. The molecule has 93 heavy (non-hydrogen) atoms. The van der Waals surface area contributed by atoms with Crippen LogP contribution >= 0.6 is 0 Å². The van der Waals surface area contributed by atoms with Gasteiger partial charge in [0, 0.05) is 16.8 Å². The van der Waals surface area contributed by atoms with Crippen LogP contribution in [0, 0.1) is 12.3 Å². The van der Waals surface area contributed by atoms with Crippen LogP contribution in [0.5, 0.6) is 0 Å². The number of allylic oxidation sites excluding steroid dienone is 13. The van der Waals surface area contributed by atoms with Gasteiger partial charge in [-0.25, -0.2) is 0 Å². The van der Waals surface area contributed by atoms with Gasteiger partial charge in [0.2, 0.25) is 0 Å². The van der Waals surface area contributed by atoms with E-state index in [1.165, 1.54) is 0 Å². The lowest BCUT2D eigenvalue weighted by Gasteiger charge is -2.39. The van der Waals surface area contributed by atoms with E-state index in [1.54, 1.807) is 4.90 Å². The summed E-state index contributed by atoms with van der Waals surface area (Å²) in [6.45, 7) is 0. The smallest absolute Gasteiger partial charge is 0.125 e. The average Bonchev–Trinajstić information content (AvgIpc) is 1.52. The topological polar surface area (TPSA) is 3.24 Å². The van der Waals surface area contributed by atoms with Crippen molar-refractivity contribution < 1.29 is 0 Å². The second-order valence-electron chi connectivity index (χ2n) is 23.9. The lowest BCUT2D eigenvalue weighted by molar-refractivity contribution is 0.682. The first-order chi connectivity index (χ1) is 43.5. The van der Waals surface area contributed by atoms with Crippen LogP contribution in [0.2, 0.25) is 11.6 Å². The van der Waals surface area contributed by atoms with Gasteiger partial charge < -0.3 is 4.90 Å². The van der Waals surface area contributed by atoms with Crippen LogP contribution in [0.25, 0.3) is 60.2 Å². The molecule has 1 spiro atoms. The summed E-state index contributed by atoms with van der Waals surface area (Å²) in [4.78, 5) is 1.60. The molecule has 5 aliphatic carbocycles. The Bertz CT molecular complexity index is 5250. The van der Waals surface area contributed by atoms with Crippen LogP contribution in [0.3, 0.4) is 0 Å². The van der Waals surface area contributed by atoms with Gasteiger partial charge in [-0.15, -0.1) is 83.0 Å². The van der Waals surface area contributed by atoms with Crippen molar-refractivity contribution in [2.24, 2.45) is 0 Å². The predicted molar refractivity (Wildman–Crippen MR) is 424 cm³/mol. The zero-order valence-corrected chi connectivity index (χ0v) is 49.5. The molecule has 66 radical (unpaired) electrons. The van der Waals surface area contributed by atoms with Gasteiger partial charge in [-0.1, -0.05) is 98.8 Å². The van der Waals surface area contributed by atoms with Gasteiger partial charge in [0.15, 0.2) is 0 Å². The van der Waals surface area contributed by atoms with Crippen molar-refractivity contribution in [3.8, 4) is 12.3 Å². The maximum Gasteiger partial charge on any atom is 0.125 e. The van der Waals surface area contributed by atoms with E-state index in [2.05, 4.69) is 5.92 Å². The van der Waals surface area contributed by atoms with Crippen LogP contribution in [0.4, 0.5) is 5.69 Å². The second kappa shape index (κ2) is 21.9. The zero-order chi connectivity index (χ0) is 68.2. The molecule has 1 nitrogen and oxygen atoms in total. The summed E-state index contributed by atoms with van der Waals surface area (Å²) in [7, 11) is 233. The third-order valence-corrected chi connectivity index (χ3v) is 19.9. The summed E-state index contributed by atoms with van der Waals surface area (Å²) < 4.78 is 0. The molecule has 1 heterocycles. The highest BCUT2D eigenvalue weighted by Crippen LogP contribution is 2.67. The molecule has 4 unspecified atom stereocenters. The minimum absolute atomic E-state index is 0.00128.